The molecule has 3 heterocycles. The van der Waals surface area contributed by atoms with Gasteiger partial charge < -0.3 is 4.57 Å². The molecule has 8 aromatic rings. The summed E-state index contributed by atoms with van der Waals surface area (Å²) in [6.45, 7) is 0. The molecule has 0 radical (unpaired) electrons. The van der Waals surface area contributed by atoms with Crippen molar-refractivity contribution in [1.29, 1.82) is 5.26 Å². The molecule has 198 valence electrons. The second-order valence-electron chi connectivity index (χ2n) is 10.0. The number of aromatic nitrogens is 4. The molecule has 1 atom stereocenters. The normalized spacial score (nSPS) is 12.3. The van der Waals surface area contributed by atoms with Gasteiger partial charge in [0.1, 0.15) is 5.52 Å². The summed E-state index contributed by atoms with van der Waals surface area (Å²) < 4.78 is 17.7. The number of hydrogen-bond acceptors (Lipinski definition) is 4. The SMILES string of the molecule is N#Cc1ccc(S(=O)c2ccc(-n3c4ccccc4c4nnc5c(c6ccccc6n5-c5ccccc5)c43)cc2)cc1. The molecule has 0 saturated heterocycles. The topological polar surface area (TPSA) is 76.5 Å². The van der Waals surface area contributed by atoms with Crippen LogP contribution < -0.4 is 0 Å². The molecule has 3 aromatic heterocycles. The Morgan fingerprint density at radius 3 is 1.86 bits per heavy atom. The molecule has 0 aliphatic rings. The highest BCUT2D eigenvalue weighted by atomic mass is 32.2. The van der Waals surface area contributed by atoms with Crippen LogP contribution in [0.15, 0.2) is 137 Å². The number of fused-ring (bicyclic) bond motifs is 7. The van der Waals surface area contributed by atoms with Gasteiger partial charge in [-0.25, -0.2) is 4.21 Å². The Morgan fingerprint density at radius 2 is 1.17 bits per heavy atom. The number of nitriles is 1. The molecule has 0 bridgehead atoms. The summed E-state index contributed by atoms with van der Waals surface area (Å²) in [5.74, 6) is 0. The summed E-state index contributed by atoms with van der Waals surface area (Å²) in [5, 5.41) is 21.8. The summed E-state index contributed by atoms with van der Waals surface area (Å²) in [4.78, 5) is 1.35. The van der Waals surface area contributed by atoms with Crippen LogP contribution in [0.1, 0.15) is 5.56 Å². The predicted octanol–water partition coefficient (Wildman–Crippen LogP) is 7.71. The molecule has 42 heavy (non-hydrogen) atoms. The van der Waals surface area contributed by atoms with Crippen LogP contribution in [0.5, 0.6) is 0 Å². The molecular formula is C35H21N5OS. The largest absolute Gasteiger partial charge is 0.307 e. The van der Waals surface area contributed by atoms with E-state index in [1.165, 1.54) is 0 Å². The third kappa shape index (κ3) is 3.59. The second kappa shape index (κ2) is 9.51. The van der Waals surface area contributed by atoms with E-state index >= 15 is 0 Å². The Hall–Kier alpha value is -5.58. The standard InChI is InChI=1S/C35H21N5OS/c36-22-23-14-18-26(19-15-23)42(41)27-20-16-25(17-21-27)39-31-13-7-5-11-29(31)33-34(39)32-28-10-4-6-12-30(28)40(35(32)38-37-33)24-8-2-1-3-9-24/h1-21H. The number of benzene rings is 5. The molecular weight excluding hydrogens is 538 g/mol. The van der Waals surface area contributed by atoms with Crippen molar-refractivity contribution in [3.8, 4) is 17.4 Å². The first-order valence-electron chi connectivity index (χ1n) is 13.5. The molecule has 0 spiro atoms. The van der Waals surface area contributed by atoms with E-state index in [1.54, 1.807) is 24.3 Å². The van der Waals surface area contributed by atoms with Crippen molar-refractivity contribution in [2.24, 2.45) is 0 Å². The lowest BCUT2D eigenvalue weighted by molar-refractivity contribution is 0.683. The summed E-state index contributed by atoms with van der Waals surface area (Å²) in [7, 11) is -1.37. The van der Waals surface area contributed by atoms with Gasteiger partial charge in [0.05, 0.1) is 44.4 Å². The number of hydrogen-bond donors (Lipinski definition) is 0. The molecule has 8 rings (SSSR count). The first kappa shape index (κ1) is 24.2. The molecule has 0 aliphatic heterocycles. The molecule has 7 heteroatoms. The Bertz CT molecular complexity index is 2360. The minimum atomic E-state index is -1.37. The Morgan fingerprint density at radius 1 is 0.595 bits per heavy atom. The zero-order chi connectivity index (χ0) is 28.2. The van der Waals surface area contributed by atoms with Crippen molar-refractivity contribution in [2.45, 2.75) is 9.79 Å². The first-order chi connectivity index (χ1) is 20.7. The lowest BCUT2D eigenvalue weighted by Gasteiger charge is -2.10. The molecule has 0 N–H and O–H groups in total. The van der Waals surface area contributed by atoms with Crippen LogP contribution in [0.25, 0.3) is 55.2 Å². The van der Waals surface area contributed by atoms with E-state index in [4.69, 9.17) is 15.5 Å². The maximum absolute atomic E-state index is 13.3. The highest BCUT2D eigenvalue weighted by Crippen LogP contribution is 2.39. The zero-order valence-corrected chi connectivity index (χ0v) is 23.0. The number of para-hydroxylation sites is 3. The van der Waals surface area contributed by atoms with Crippen LogP contribution in [0.3, 0.4) is 0 Å². The van der Waals surface area contributed by atoms with E-state index < -0.39 is 10.8 Å². The van der Waals surface area contributed by atoms with Crippen LogP contribution in [0, 0.1) is 11.3 Å². The molecule has 0 fully saturated rings. The van der Waals surface area contributed by atoms with Gasteiger partial charge in [-0.3, -0.25) is 4.57 Å². The molecule has 0 amide bonds. The number of rotatable bonds is 4. The fourth-order valence-electron chi connectivity index (χ4n) is 5.82. The maximum atomic E-state index is 13.3. The van der Waals surface area contributed by atoms with Gasteiger partial charge in [0.2, 0.25) is 0 Å². The van der Waals surface area contributed by atoms with Gasteiger partial charge in [0.25, 0.3) is 0 Å². The van der Waals surface area contributed by atoms with E-state index in [0.29, 0.717) is 15.4 Å². The number of nitrogens with zero attached hydrogens (tertiary/aromatic N) is 5. The highest BCUT2D eigenvalue weighted by molar-refractivity contribution is 7.85. The van der Waals surface area contributed by atoms with Gasteiger partial charge >= 0.3 is 0 Å². The fraction of sp³-hybridized carbons (Fsp3) is 0. The third-order valence-electron chi connectivity index (χ3n) is 7.70. The van der Waals surface area contributed by atoms with E-state index in [0.717, 1.165) is 55.2 Å². The summed E-state index contributed by atoms with van der Waals surface area (Å²) >= 11 is 0. The van der Waals surface area contributed by atoms with Gasteiger partial charge in [-0.15, -0.1) is 10.2 Å². The lowest BCUT2D eigenvalue weighted by Crippen LogP contribution is -1.99. The average Bonchev–Trinajstić information content (AvgIpc) is 3.58. The van der Waals surface area contributed by atoms with Crippen molar-refractivity contribution >= 4 is 54.7 Å². The van der Waals surface area contributed by atoms with Crippen molar-refractivity contribution in [2.75, 3.05) is 0 Å². The van der Waals surface area contributed by atoms with Crippen LogP contribution >= 0.6 is 0 Å². The predicted molar refractivity (Wildman–Crippen MR) is 167 cm³/mol. The van der Waals surface area contributed by atoms with Gasteiger partial charge in [-0.1, -0.05) is 54.6 Å². The van der Waals surface area contributed by atoms with Gasteiger partial charge in [-0.2, -0.15) is 5.26 Å². The molecule has 0 saturated carbocycles. The second-order valence-corrected chi connectivity index (χ2v) is 11.5. The van der Waals surface area contributed by atoms with E-state index in [1.807, 2.05) is 60.7 Å². The Labute approximate surface area is 243 Å². The maximum Gasteiger partial charge on any atom is 0.170 e. The van der Waals surface area contributed by atoms with Crippen molar-refractivity contribution in [1.82, 2.24) is 19.3 Å². The Kier molecular flexibility index (Phi) is 5.49. The summed E-state index contributed by atoms with van der Waals surface area (Å²) in [6.07, 6.45) is 0. The zero-order valence-electron chi connectivity index (χ0n) is 22.2. The monoisotopic (exact) mass is 559 g/mol. The van der Waals surface area contributed by atoms with Crippen LogP contribution in [-0.2, 0) is 10.8 Å². The summed E-state index contributed by atoms with van der Waals surface area (Å²) in [6, 6.07) is 43.6. The van der Waals surface area contributed by atoms with Crippen molar-refractivity contribution < 1.29 is 4.21 Å². The molecule has 0 aliphatic carbocycles. The third-order valence-corrected chi connectivity index (χ3v) is 9.10. The lowest BCUT2D eigenvalue weighted by atomic mass is 10.1. The van der Waals surface area contributed by atoms with E-state index in [2.05, 4.69) is 57.7 Å². The van der Waals surface area contributed by atoms with Gasteiger partial charge in [0.15, 0.2) is 5.65 Å². The summed E-state index contributed by atoms with van der Waals surface area (Å²) in [5.41, 5.74) is 7.19. The quantitative estimate of drug-likeness (QED) is 0.221. The van der Waals surface area contributed by atoms with Crippen molar-refractivity contribution in [3.63, 3.8) is 0 Å². The minimum absolute atomic E-state index is 0.542. The van der Waals surface area contributed by atoms with E-state index in [9.17, 15) is 4.21 Å². The minimum Gasteiger partial charge on any atom is -0.307 e. The van der Waals surface area contributed by atoms with Crippen LogP contribution in [0.2, 0.25) is 0 Å². The Balaban J connectivity index is 1.39. The van der Waals surface area contributed by atoms with Crippen molar-refractivity contribution in [3.05, 3.63) is 133 Å². The highest BCUT2D eigenvalue weighted by Gasteiger charge is 2.22. The van der Waals surface area contributed by atoms with Gasteiger partial charge in [0, 0.05) is 31.9 Å². The fourth-order valence-corrected chi connectivity index (χ4v) is 6.86. The van der Waals surface area contributed by atoms with E-state index in [-0.39, 0.29) is 0 Å². The first-order valence-corrected chi connectivity index (χ1v) is 14.6. The van der Waals surface area contributed by atoms with Crippen LogP contribution in [0.4, 0.5) is 0 Å². The molecule has 6 nitrogen and oxygen atoms in total. The van der Waals surface area contributed by atoms with Gasteiger partial charge in [-0.05, 0) is 72.8 Å². The molecule has 5 aromatic carbocycles. The average molecular weight is 560 g/mol. The molecule has 1 unspecified atom stereocenters. The smallest absolute Gasteiger partial charge is 0.170 e. The van der Waals surface area contributed by atoms with Crippen LogP contribution in [-0.4, -0.2) is 23.5 Å².